The highest BCUT2D eigenvalue weighted by Gasteiger charge is 2.26. The van der Waals surface area contributed by atoms with Crippen molar-refractivity contribution in [1.82, 2.24) is 5.32 Å². The Kier molecular flexibility index (Phi) is 5.01. The molecule has 0 saturated heterocycles. The van der Waals surface area contributed by atoms with Crippen LogP contribution < -0.4 is 10.6 Å². The summed E-state index contributed by atoms with van der Waals surface area (Å²) >= 11 is 5.63. The molecule has 0 aliphatic heterocycles. The number of anilines is 1. The molecule has 114 valence electrons. The molecule has 0 spiro atoms. The van der Waals surface area contributed by atoms with Crippen molar-refractivity contribution in [3.63, 3.8) is 0 Å². The number of nitrogens with one attached hydrogen (secondary N) is 2. The first-order valence-corrected chi connectivity index (χ1v) is 7.09. The molecule has 21 heavy (non-hydrogen) atoms. The van der Waals surface area contributed by atoms with Crippen LogP contribution in [-0.2, 0) is 4.79 Å². The molecule has 5 nitrogen and oxygen atoms in total. The summed E-state index contributed by atoms with van der Waals surface area (Å²) in [5, 5.41) is 14.3. The minimum absolute atomic E-state index is 0.0520. The molecular weight excluding hydrogens is 299 g/mol. The Bertz CT molecular complexity index is 545. The van der Waals surface area contributed by atoms with E-state index in [0.29, 0.717) is 25.7 Å². The molecule has 1 aliphatic carbocycles. The summed E-state index contributed by atoms with van der Waals surface area (Å²) in [7, 11) is 0. The second-order valence-corrected chi connectivity index (χ2v) is 5.55. The van der Waals surface area contributed by atoms with Gasteiger partial charge in [-0.15, -0.1) is 0 Å². The Hall–Kier alpha value is -1.82. The number of rotatable bonds is 3. The molecular formula is C14H16ClFN2O3. The smallest absolute Gasteiger partial charge is 0.319 e. The van der Waals surface area contributed by atoms with Crippen LogP contribution in [-0.4, -0.2) is 23.1 Å². The van der Waals surface area contributed by atoms with Crippen LogP contribution in [0.5, 0.6) is 0 Å². The highest BCUT2D eigenvalue weighted by molar-refractivity contribution is 6.30. The van der Waals surface area contributed by atoms with Crippen molar-refractivity contribution in [3.05, 3.63) is 29.0 Å². The van der Waals surface area contributed by atoms with E-state index in [1.54, 1.807) is 0 Å². The molecule has 2 rings (SSSR count). The summed E-state index contributed by atoms with van der Waals surface area (Å²) in [6.45, 7) is 0. The number of urea groups is 1. The van der Waals surface area contributed by atoms with Gasteiger partial charge in [0, 0.05) is 11.1 Å². The Morgan fingerprint density at radius 3 is 2.48 bits per heavy atom. The summed E-state index contributed by atoms with van der Waals surface area (Å²) < 4.78 is 13.5. The Morgan fingerprint density at radius 1 is 1.24 bits per heavy atom. The van der Waals surface area contributed by atoms with Gasteiger partial charge < -0.3 is 15.7 Å². The van der Waals surface area contributed by atoms with E-state index in [4.69, 9.17) is 16.7 Å². The van der Waals surface area contributed by atoms with Crippen LogP contribution in [0.15, 0.2) is 18.2 Å². The number of carboxylic acid groups (broad SMARTS) is 1. The molecule has 0 aromatic heterocycles. The Morgan fingerprint density at radius 2 is 1.90 bits per heavy atom. The predicted molar refractivity (Wildman–Crippen MR) is 76.9 cm³/mol. The van der Waals surface area contributed by atoms with Crippen LogP contribution in [0.1, 0.15) is 25.7 Å². The fourth-order valence-electron chi connectivity index (χ4n) is 2.42. The van der Waals surface area contributed by atoms with E-state index in [2.05, 4.69) is 10.6 Å². The topological polar surface area (TPSA) is 78.4 Å². The van der Waals surface area contributed by atoms with Gasteiger partial charge in [0.15, 0.2) is 0 Å². The molecule has 0 heterocycles. The van der Waals surface area contributed by atoms with Crippen molar-refractivity contribution in [1.29, 1.82) is 0 Å². The van der Waals surface area contributed by atoms with Crippen molar-refractivity contribution in [2.24, 2.45) is 5.92 Å². The maximum Gasteiger partial charge on any atom is 0.319 e. The number of aliphatic carboxylic acids is 1. The van der Waals surface area contributed by atoms with Crippen molar-refractivity contribution in [2.45, 2.75) is 31.7 Å². The average Bonchev–Trinajstić information content (AvgIpc) is 2.42. The summed E-state index contributed by atoms with van der Waals surface area (Å²) in [6.07, 6.45) is 2.28. The van der Waals surface area contributed by atoms with Crippen LogP contribution in [0.25, 0.3) is 0 Å². The van der Waals surface area contributed by atoms with Gasteiger partial charge in [0.05, 0.1) is 11.6 Å². The number of hydrogen-bond donors (Lipinski definition) is 3. The quantitative estimate of drug-likeness (QED) is 0.801. The number of hydrogen-bond acceptors (Lipinski definition) is 2. The van der Waals surface area contributed by atoms with Crippen molar-refractivity contribution < 1.29 is 19.1 Å². The van der Waals surface area contributed by atoms with E-state index in [9.17, 15) is 14.0 Å². The molecule has 1 aromatic carbocycles. The zero-order chi connectivity index (χ0) is 15.4. The van der Waals surface area contributed by atoms with Crippen molar-refractivity contribution in [2.75, 3.05) is 5.32 Å². The lowest BCUT2D eigenvalue weighted by atomic mass is 9.86. The number of carbonyl (C=O) groups excluding carboxylic acids is 1. The van der Waals surface area contributed by atoms with E-state index in [1.807, 2.05) is 0 Å². The summed E-state index contributed by atoms with van der Waals surface area (Å²) in [6, 6.07) is 3.40. The molecule has 0 bridgehead atoms. The van der Waals surface area contributed by atoms with Crippen LogP contribution in [0.3, 0.4) is 0 Å². The average molecular weight is 315 g/mol. The lowest BCUT2D eigenvalue weighted by Gasteiger charge is -2.26. The Labute approximate surface area is 126 Å². The SMILES string of the molecule is O=C(Nc1ccc(Cl)cc1F)NC1CCC(C(=O)O)CC1. The second-order valence-electron chi connectivity index (χ2n) is 5.11. The molecule has 1 saturated carbocycles. The first-order chi connectivity index (χ1) is 9.95. The predicted octanol–water partition coefficient (Wildman–Crippen LogP) is 3.24. The van der Waals surface area contributed by atoms with Crippen LogP contribution >= 0.6 is 11.6 Å². The molecule has 0 unspecified atom stereocenters. The standard InChI is InChI=1S/C14H16ClFN2O3/c15-9-3-6-12(11(16)7-9)18-14(21)17-10-4-1-8(2-5-10)13(19)20/h3,6-8,10H,1-2,4-5H2,(H,19,20)(H2,17,18,21). The largest absolute Gasteiger partial charge is 0.481 e. The number of halogens is 2. The molecule has 0 radical (unpaired) electrons. The van der Waals surface area contributed by atoms with E-state index in [-0.39, 0.29) is 22.7 Å². The van der Waals surface area contributed by atoms with Gasteiger partial charge in [0.1, 0.15) is 5.82 Å². The van der Waals surface area contributed by atoms with E-state index >= 15 is 0 Å². The van der Waals surface area contributed by atoms with Gasteiger partial charge in [0.2, 0.25) is 0 Å². The molecule has 3 N–H and O–H groups in total. The van der Waals surface area contributed by atoms with E-state index in [1.165, 1.54) is 12.1 Å². The van der Waals surface area contributed by atoms with Gasteiger partial charge >= 0.3 is 12.0 Å². The van der Waals surface area contributed by atoms with Gasteiger partial charge in [-0.05, 0) is 43.9 Å². The Balaban J connectivity index is 1.84. The van der Waals surface area contributed by atoms with Gasteiger partial charge in [-0.2, -0.15) is 0 Å². The normalized spacial score (nSPS) is 21.6. The van der Waals surface area contributed by atoms with Gasteiger partial charge in [-0.3, -0.25) is 4.79 Å². The molecule has 7 heteroatoms. The minimum atomic E-state index is -0.791. The van der Waals surface area contributed by atoms with E-state index < -0.39 is 17.8 Å². The lowest BCUT2D eigenvalue weighted by molar-refractivity contribution is -0.142. The maximum atomic E-state index is 13.5. The number of amides is 2. The first kappa shape index (κ1) is 15.6. The zero-order valence-electron chi connectivity index (χ0n) is 11.2. The maximum absolute atomic E-state index is 13.5. The fourth-order valence-corrected chi connectivity index (χ4v) is 2.58. The lowest BCUT2D eigenvalue weighted by Crippen LogP contribution is -2.41. The summed E-state index contributed by atoms with van der Waals surface area (Å²) in [5.74, 6) is -1.73. The van der Waals surface area contributed by atoms with Crippen LogP contribution in [0, 0.1) is 11.7 Å². The monoisotopic (exact) mass is 314 g/mol. The van der Waals surface area contributed by atoms with Gasteiger partial charge in [0.25, 0.3) is 0 Å². The third kappa shape index (κ3) is 4.32. The van der Waals surface area contributed by atoms with Gasteiger partial charge in [-0.1, -0.05) is 11.6 Å². The third-order valence-electron chi connectivity index (χ3n) is 3.59. The highest BCUT2D eigenvalue weighted by atomic mass is 35.5. The second kappa shape index (κ2) is 6.76. The molecule has 0 atom stereocenters. The number of carbonyl (C=O) groups is 2. The summed E-state index contributed by atoms with van der Waals surface area (Å²) in [4.78, 5) is 22.6. The molecule has 2 amide bonds. The van der Waals surface area contributed by atoms with Crippen molar-refractivity contribution >= 4 is 29.3 Å². The van der Waals surface area contributed by atoms with Gasteiger partial charge in [-0.25, -0.2) is 9.18 Å². The molecule has 1 fully saturated rings. The first-order valence-electron chi connectivity index (χ1n) is 6.71. The number of benzene rings is 1. The van der Waals surface area contributed by atoms with E-state index in [0.717, 1.165) is 6.07 Å². The van der Waals surface area contributed by atoms with Crippen LogP contribution in [0.2, 0.25) is 5.02 Å². The highest BCUT2D eigenvalue weighted by Crippen LogP contribution is 2.24. The van der Waals surface area contributed by atoms with Crippen molar-refractivity contribution in [3.8, 4) is 0 Å². The summed E-state index contributed by atoms with van der Waals surface area (Å²) in [5.41, 5.74) is 0.0520. The minimum Gasteiger partial charge on any atom is -0.481 e. The molecule has 1 aromatic rings. The number of carboxylic acids is 1. The molecule has 1 aliphatic rings. The van der Waals surface area contributed by atoms with Crippen LogP contribution in [0.4, 0.5) is 14.9 Å². The third-order valence-corrected chi connectivity index (χ3v) is 3.83. The fraction of sp³-hybridized carbons (Fsp3) is 0.429. The zero-order valence-corrected chi connectivity index (χ0v) is 12.0.